The average molecular weight is 234 g/mol. The first-order valence-electron chi connectivity index (χ1n) is 5.05. The highest BCUT2D eigenvalue weighted by Crippen LogP contribution is 2.30. The number of hydrogen-bond donors (Lipinski definition) is 2. The Morgan fingerprint density at radius 2 is 2.24 bits per heavy atom. The molecule has 7 nitrogen and oxygen atoms in total. The lowest BCUT2D eigenvalue weighted by Crippen LogP contribution is -2.09. The number of nitrogens with two attached hydrogens (primary N) is 1. The van der Waals surface area contributed by atoms with Gasteiger partial charge in [-0.3, -0.25) is 0 Å². The van der Waals surface area contributed by atoms with E-state index in [4.69, 9.17) is 10.6 Å². The first kappa shape index (κ1) is 11.3. The molecular formula is C10H14N6O. The van der Waals surface area contributed by atoms with Gasteiger partial charge in [-0.1, -0.05) is 0 Å². The van der Waals surface area contributed by atoms with Crippen molar-refractivity contribution in [1.29, 1.82) is 0 Å². The molecule has 0 radical (unpaired) electrons. The van der Waals surface area contributed by atoms with Crippen LogP contribution in [-0.4, -0.2) is 26.9 Å². The Labute approximate surface area is 98.6 Å². The maximum atomic E-state index is 5.32. The highest BCUT2D eigenvalue weighted by atomic mass is 16.5. The van der Waals surface area contributed by atoms with Crippen LogP contribution >= 0.6 is 0 Å². The topological polar surface area (TPSA) is 90.9 Å². The third kappa shape index (κ3) is 1.92. The molecule has 0 saturated heterocycles. The van der Waals surface area contributed by atoms with E-state index in [-0.39, 0.29) is 0 Å². The van der Waals surface area contributed by atoms with Gasteiger partial charge < -0.3 is 10.2 Å². The van der Waals surface area contributed by atoms with Crippen molar-refractivity contribution in [3.63, 3.8) is 0 Å². The SMILES string of the molecule is COc1c(-c2nccc(NN)n2)c(C)nn1C. The molecule has 0 atom stereocenters. The van der Waals surface area contributed by atoms with Crippen molar-refractivity contribution in [1.82, 2.24) is 19.7 Å². The molecule has 2 aromatic heterocycles. The second kappa shape index (κ2) is 4.38. The number of ether oxygens (including phenoxy) is 1. The Kier molecular flexibility index (Phi) is 2.92. The van der Waals surface area contributed by atoms with Crippen molar-refractivity contribution in [2.24, 2.45) is 12.9 Å². The Balaban J connectivity index is 2.59. The van der Waals surface area contributed by atoms with Gasteiger partial charge >= 0.3 is 0 Å². The van der Waals surface area contributed by atoms with Crippen molar-refractivity contribution in [2.75, 3.05) is 12.5 Å². The van der Waals surface area contributed by atoms with Gasteiger partial charge in [0, 0.05) is 19.3 Å². The highest BCUT2D eigenvalue weighted by Gasteiger charge is 2.18. The number of rotatable bonds is 3. The van der Waals surface area contributed by atoms with Gasteiger partial charge in [0.2, 0.25) is 5.88 Å². The maximum Gasteiger partial charge on any atom is 0.222 e. The lowest BCUT2D eigenvalue weighted by atomic mass is 10.2. The van der Waals surface area contributed by atoms with Crippen LogP contribution in [0.5, 0.6) is 5.88 Å². The maximum absolute atomic E-state index is 5.32. The summed E-state index contributed by atoms with van der Waals surface area (Å²) in [6.07, 6.45) is 1.63. The number of anilines is 1. The fraction of sp³-hybridized carbons (Fsp3) is 0.300. The Bertz CT molecular complexity index is 536. The Morgan fingerprint density at radius 1 is 1.47 bits per heavy atom. The number of nitrogens with one attached hydrogen (secondary N) is 1. The van der Waals surface area contributed by atoms with Crippen LogP contribution in [-0.2, 0) is 7.05 Å². The minimum Gasteiger partial charge on any atom is -0.481 e. The minimum absolute atomic E-state index is 0.530. The summed E-state index contributed by atoms with van der Waals surface area (Å²) in [7, 11) is 3.39. The molecule has 0 amide bonds. The van der Waals surface area contributed by atoms with Crippen molar-refractivity contribution in [2.45, 2.75) is 6.92 Å². The number of hydrogen-bond acceptors (Lipinski definition) is 6. The predicted molar refractivity (Wildman–Crippen MR) is 63.3 cm³/mol. The smallest absolute Gasteiger partial charge is 0.222 e. The van der Waals surface area contributed by atoms with E-state index in [1.54, 1.807) is 31.1 Å². The standard InChI is InChI=1S/C10H14N6O/c1-6-8(10(17-3)16(2)15-6)9-12-5-4-7(13-9)14-11/h4-5H,11H2,1-3H3,(H,12,13,14). The van der Waals surface area contributed by atoms with Gasteiger partial charge in [-0.15, -0.1) is 0 Å². The molecule has 0 aliphatic carbocycles. The second-order valence-electron chi connectivity index (χ2n) is 3.50. The molecule has 0 unspecified atom stereocenters. The molecule has 0 fully saturated rings. The molecule has 0 aliphatic heterocycles. The summed E-state index contributed by atoms with van der Waals surface area (Å²) in [4.78, 5) is 8.46. The van der Waals surface area contributed by atoms with Gasteiger partial charge in [0.25, 0.3) is 0 Å². The molecule has 0 spiro atoms. The largest absolute Gasteiger partial charge is 0.481 e. The zero-order valence-electron chi connectivity index (χ0n) is 9.93. The highest BCUT2D eigenvalue weighted by molar-refractivity contribution is 5.65. The van der Waals surface area contributed by atoms with E-state index < -0.39 is 0 Å². The summed E-state index contributed by atoms with van der Waals surface area (Å²) in [5, 5.41) is 4.27. The fourth-order valence-electron chi connectivity index (χ4n) is 1.69. The molecule has 2 heterocycles. The van der Waals surface area contributed by atoms with Crippen LogP contribution in [0.15, 0.2) is 12.3 Å². The van der Waals surface area contributed by atoms with Gasteiger partial charge in [-0.2, -0.15) is 5.10 Å². The third-order valence-corrected chi connectivity index (χ3v) is 2.39. The number of methoxy groups -OCH3 is 1. The lowest BCUT2D eigenvalue weighted by Gasteiger charge is -2.05. The number of hydrazine groups is 1. The summed E-state index contributed by atoms with van der Waals surface area (Å²) in [5.41, 5.74) is 4.06. The summed E-state index contributed by atoms with van der Waals surface area (Å²) < 4.78 is 6.94. The van der Waals surface area contributed by atoms with Crippen LogP contribution < -0.4 is 16.0 Å². The molecule has 0 bridgehead atoms. The van der Waals surface area contributed by atoms with Crippen LogP contribution in [0.25, 0.3) is 11.4 Å². The number of aromatic nitrogens is 4. The molecule has 2 aromatic rings. The summed E-state index contributed by atoms with van der Waals surface area (Å²) in [5.74, 6) is 7.01. The molecular weight excluding hydrogens is 220 g/mol. The van der Waals surface area contributed by atoms with E-state index in [9.17, 15) is 0 Å². The van der Waals surface area contributed by atoms with Crippen LogP contribution in [0.3, 0.4) is 0 Å². The number of aryl methyl sites for hydroxylation is 2. The average Bonchev–Trinajstić information content (AvgIpc) is 2.63. The van der Waals surface area contributed by atoms with Gasteiger partial charge in [0.15, 0.2) is 5.82 Å². The normalized spacial score (nSPS) is 10.4. The van der Waals surface area contributed by atoms with Crippen LogP contribution in [0, 0.1) is 6.92 Å². The summed E-state index contributed by atoms with van der Waals surface area (Å²) in [6.45, 7) is 1.88. The fourth-order valence-corrected chi connectivity index (χ4v) is 1.69. The van der Waals surface area contributed by atoms with Crippen molar-refractivity contribution >= 4 is 5.82 Å². The first-order chi connectivity index (χ1) is 8.17. The van der Waals surface area contributed by atoms with E-state index in [1.165, 1.54) is 0 Å². The quantitative estimate of drug-likeness (QED) is 0.593. The van der Waals surface area contributed by atoms with Gasteiger partial charge in [-0.05, 0) is 6.92 Å². The third-order valence-electron chi connectivity index (χ3n) is 2.39. The summed E-state index contributed by atoms with van der Waals surface area (Å²) >= 11 is 0. The Hall–Kier alpha value is -2.15. The lowest BCUT2D eigenvalue weighted by molar-refractivity contribution is 0.374. The van der Waals surface area contributed by atoms with E-state index in [2.05, 4.69) is 20.5 Å². The van der Waals surface area contributed by atoms with E-state index in [0.29, 0.717) is 17.5 Å². The van der Waals surface area contributed by atoms with E-state index in [0.717, 1.165) is 11.3 Å². The van der Waals surface area contributed by atoms with Crippen LogP contribution in [0.4, 0.5) is 5.82 Å². The van der Waals surface area contributed by atoms with Gasteiger partial charge in [-0.25, -0.2) is 20.5 Å². The zero-order valence-corrected chi connectivity index (χ0v) is 9.93. The van der Waals surface area contributed by atoms with Gasteiger partial charge in [0.1, 0.15) is 11.4 Å². The molecule has 17 heavy (non-hydrogen) atoms. The Morgan fingerprint density at radius 3 is 2.88 bits per heavy atom. The minimum atomic E-state index is 0.530. The first-order valence-corrected chi connectivity index (χ1v) is 5.05. The molecule has 7 heteroatoms. The number of nitrogen functional groups attached to an aromatic ring is 1. The molecule has 0 aromatic carbocycles. The molecule has 2 rings (SSSR count). The van der Waals surface area contributed by atoms with Crippen LogP contribution in [0.1, 0.15) is 5.69 Å². The summed E-state index contributed by atoms with van der Waals surface area (Å²) in [6, 6.07) is 1.68. The molecule has 0 aliphatic rings. The number of nitrogens with zero attached hydrogens (tertiary/aromatic N) is 4. The monoisotopic (exact) mass is 234 g/mol. The molecule has 3 N–H and O–H groups in total. The second-order valence-corrected chi connectivity index (χ2v) is 3.50. The van der Waals surface area contributed by atoms with Crippen molar-refractivity contribution in [3.05, 3.63) is 18.0 Å². The predicted octanol–water partition coefficient (Wildman–Crippen LogP) is 0.480. The molecule has 0 saturated carbocycles. The van der Waals surface area contributed by atoms with E-state index in [1.807, 2.05) is 6.92 Å². The van der Waals surface area contributed by atoms with Crippen LogP contribution in [0.2, 0.25) is 0 Å². The van der Waals surface area contributed by atoms with Gasteiger partial charge in [0.05, 0.1) is 12.8 Å². The van der Waals surface area contributed by atoms with Crippen molar-refractivity contribution < 1.29 is 4.74 Å². The molecule has 90 valence electrons. The van der Waals surface area contributed by atoms with Crippen molar-refractivity contribution in [3.8, 4) is 17.3 Å². The van der Waals surface area contributed by atoms with E-state index >= 15 is 0 Å². The zero-order chi connectivity index (χ0) is 12.4.